The molecule has 1 aromatic heterocycles. The lowest BCUT2D eigenvalue weighted by atomic mass is 10.2. The van der Waals surface area contributed by atoms with Crippen LogP contribution in [0.25, 0.3) is 11.5 Å². The zero-order valence-corrected chi connectivity index (χ0v) is 9.96. The number of benzene rings is 1. The van der Waals surface area contributed by atoms with Gasteiger partial charge >= 0.3 is 0 Å². The number of rotatable bonds is 4. The summed E-state index contributed by atoms with van der Waals surface area (Å²) in [6.45, 7) is 3.23. The van der Waals surface area contributed by atoms with Gasteiger partial charge < -0.3 is 9.73 Å². The Hall–Kier alpha value is -1.46. The van der Waals surface area contributed by atoms with E-state index in [9.17, 15) is 4.39 Å². The molecule has 0 spiro atoms. The zero-order valence-electron chi connectivity index (χ0n) is 9.20. The molecule has 0 fully saturated rings. The first-order chi connectivity index (χ1) is 8.22. The smallest absolute Gasteiger partial charge is 0.250 e. The first-order valence-electron chi connectivity index (χ1n) is 5.20. The van der Waals surface area contributed by atoms with Crippen molar-refractivity contribution in [1.82, 2.24) is 15.5 Å². The molecule has 0 atom stereocenters. The van der Waals surface area contributed by atoms with Crippen molar-refractivity contribution in [3.8, 4) is 11.5 Å². The summed E-state index contributed by atoms with van der Waals surface area (Å²) in [6, 6.07) is 4.65. The molecule has 1 heterocycles. The Kier molecular flexibility index (Phi) is 3.71. The van der Waals surface area contributed by atoms with E-state index in [-0.39, 0.29) is 16.5 Å². The van der Waals surface area contributed by atoms with Crippen LogP contribution < -0.4 is 5.32 Å². The molecule has 0 bridgehead atoms. The molecule has 1 aromatic carbocycles. The summed E-state index contributed by atoms with van der Waals surface area (Å²) >= 11 is 5.68. The summed E-state index contributed by atoms with van der Waals surface area (Å²) in [5.41, 5.74) is 0.216. The minimum absolute atomic E-state index is 0.0360. The van der Waals surface area contributed by atoms with Crippen molar-refractivity contribution in [3.05, 3.63) is 34.9 Å². The van der Waals surface area contributed by atoms with Crippen LogP contribution in [0.1, 0.15) is 12.8 Å². The molecular weight excluding hydrogens is 245 g/mol. The molecule has 0 amide bonds. The molecule has 4 nitrogen and oxygen atoms in total. The Bertz CT molecular complexity index is 515. The van der Waals surface area contributed by atoms with Crippen molar-refractivity contribution in [2.24, 2.45) is 0 Å². The van der Waals surface area contributed by atoms with Crippen LogP contribution in [0.4, 0.5) is 4.39 Å². The number of hydrogen-bond donors (Lipinski definition) is 1. The van der Waals surface area contributed by atoms with Gasteiger partial charge in [-0.3, -0.25) is 0 Å². The fourth-order valence-electron chi connectivity index (χ4n) is 1.33. The van der Waals surface area contributed by atoms with Gasteiger partial charge in [-0.15, -0.1) is 10.2 Å². The average molecular weight is 256 g/mol. The SMILES string of the molecule is CCNCc1nnc(-c2cccc(Cl)c2F)o1. The third kappa shape index (κ3) is 2.62. The number of nitrogens with zero attached hydrogens (tertiary/aromatic N) is 2. The van der Waals surface area contributed by atoms with Crippen molar-refractivity contribution in [2.75, 3.05) is 6.54 Å². The standard InChI is InChI=1S/C11H11ClFN3O/c1-2-14-6-9-15-16-11(17-9)7-4-3-5-8(12)10(7)13/h3-5,14H,2,6H2,1H3. The molecule has 0 unspecified atom stereocenters. The summed E-state index contributed by atoms with van der Waals surface area (Å²) in [5, 5.41) is 10.7. The first kappa shape index (κ1) is 12.0. The van der Waals surface area contributed by atoms with Crippen molar-refractivity contribution in [1.29, 1.82) is 0 Å². The molecule has 2 aromatic rings. The molecule has 0 aliphatic carbocycles. The van der Waals surface area contributed by atoms with Crippen molar-refractivity contribution < 1.29 is 8.81 Å². The molecule has 0 radical (unpaired) electrons. The molecular formula is C11H11ClFN3O. The normalized spacial score (nSPS) is 10.8. The van der Waals surface area contributed by atoms with Gasteiger partial charge in [0.25, 0.3) is 5.89 Å². The summed E-state index contributed by atoms with van der Waals surface area (Å²) in [6.07, 6.45) is 0. The number of nitrogens with one attached hydrogen (secondary N) is 1. The van der Waals surface area contributed by atoms with Gasteiger partial charge in [-0.2, -0.15) is 0 Å². The molecule has 1 N–H and O–H groups in total. The fourth-order valence-corrected chi connectivity index (χ4v) is 1.51. The Morgan fingerprint density at radius 1 is 1.41 bits per heavy atom. The minimum Gasteiger partial charge on any atom is -0.419 e. The van der Waals surface area contributed by atoms with Gasteiger partial charge in [-0.1, -0.05) is 24.6 Å². The summed E-state index contributed by atoms with van der Waals surface area (Å²) in [7, 11) is 0. The van der Waals surface area contributed by atoms with Gasteiger partial charge in [-0.25, -0.2) is 4.39 Å². The van der Waals surface area contributed by atoms with E-state index in [1.54, 1.807) is 12.1 Å². The Labute approximate surface area is 103 Å². The van der Waals surface area contributed by atoms with Gasteiger partial charge in [0, 0.05) is 0 Å². The van der Waals surface area contributed by atoms with Crippen LogP contribution in [0.2, 0.25) is 5.02 Å². The van der Waals surface area contributed by atoms with Gasteiger partial charge in [-0.05, 0) is 18.7 Å². The third-order valence-corrected chi connectivity index (χ3v) is 2.47. The maximum Gasteiger partial charge on any atom is 0.250 e. The maximum atomic E-state index is 13.7. The van der Waals surface area contributed by atoms with Crippen LogP contribution in [0.15, 0.2) is 22.6 Å². The molecule has 90 valence electrons. The predicted octanol–water partition coefficient (Wildman–Crippen LogP) is 2.64. The molecule has 6 heteroatoms. The van der Waals surface area contributed by atoms with Gasteiger partial charge in [0.1, 0.15) is 0 Å². The van der Waals surface area contributed by atoms with Crippen molar-refractivity contribution in [3.63, 3.8) is 0 Å². The summed E-state index contributed by atoms with van der Waals surface area (Å²) in [5.74, 6) is 0.00643. The topological polar surface area (TPSA) is 51.0 Å². The van der Waals surface area contributed by atoms with E-state index in [4.69, 9.17) is 16.0 Å². The summed E-state index contributed by atoms with van der Waals surface area (Å²) < 4.78 is 19.0. The molecule has 2 rings (SSSR count). The number of aromatic nitrogens is 2. The molecule has 0 aliphatic heterocycles. The monoisotopic (exact) mass is 255 g/mol. The van der Waals surface area contributed by atoms with E-state index in [0.717, 1.165) is 6.54 Å². The first-order valence-corrected chi connectivity index (χ1v) is 5.57. The van der Waals surface area contributed by atoms with Crippen molar-refractivity contribution in [2.45, 2.75) is 13.5 Å². The maximum absolute atomic E-state index is 13.7. The number of halogens is 2. The lowest BCUT2D eigenvalue weighted by Gasteiger charge is -1.99. The van der Waals surface area contributed by atoms with E-state index in [1.165, 1.54) is 6.07 Å². The van der Waals surface area contributed by atoms with E-state index < -0.39 is 5.82 Å². The van der Waals surface area contributed by atoms with Crippen LogP contribution in [0, 0.1) is 5.82 Å². The lowest BCUT2D eigenvalue weighted by molar-refractivity contribution is 0.479. The lowest BCUT2D eigenvalue weighted by Crippen LogP contribution is -2.11. The van der Waals surface area contributed by atoms with Gasteiger partial charge in [0.05, 0.1) is 17.1 Å². The van der Waals surface area contributed by atoms with Crippen molar-refractivity contribution >= 4 is 11.6 Å². The quantitative estimate of drug-likeness (QED) is 0.913. The largest absolute Gasteiger partial charge is 0.419 e. The Balaban J connectivity index is 2.27. The Morgan fingerprint density at radius 3 is 3.00 bits per heavy atom. The van der Waals surface area contributed by atoms with E-state index >= 15 is 0 Å². The predicted molar refractivity (Wildman–Crippen MR) is 62.1 cm³/mol. The van der Waals surface area contributed by atoms with E-state index in [2.05, 4.69) is 15.5 Å². The highest BCUT2D eigenvalue weighted by Gasteiger charge is 2.14. The second-order valence-electron chi connectivity index (χ2n) is 3.38. The second kappa shape index (κ2) is 5.25. The van der Waals surface area contributed by atoms with Gasteiger partial charge in [0.15, 0.2) is 5.82 Å². The fraction of sp³-hybridized carbons (Fsp3) is 0.273. The van der Waals surface area contributed by atoms with Crippen LogP contribution in [-0.2, 0) is 6.54 Å². The van der Waals surface area contributed by atoms with Crippen LogP contribution in [0.3, 0.4) is 0 Å². The molecule has 0 saturated heterocycles. The second-order valence-corrected chi connectivity index (χ2v) is 3.79. The molecule has 0 saturated carbocycles. The highest BCUT2D eigenvalue weighted by molar-refractivity contribution is 6.31. The van der Waals surface area contributed by atoms with Gasteiger partial charge in [0.2, 0.25) is 5.89 Å². The van der Waals surface area contributed by atoms with Crippen LogP contribution in [0.5, 0.6) is 0 Å². The van der Waals surface area contributed by atoms with E-state index in [0.29, 0.717) is 12.4 Å². The highest BCUT2D eigenvalue weighted by atomic mass is 35.5. The third-order valence-electron chi connectivity index (χ3n) is 2.18. The molecule has 17 heavy (non-hydrogen) atoms. The minimum atomic E-state index is -0.548. The average Bonchev–Trinajstić information content (AvgIpc) is 2.78. The highest BCUT2D eigenvalue weighted by Crippen LogP contribution is 2.26. The van der Waals surface area contributed by atoms with Crippen LogP contribution in [-0.4, -0.2) is 16.7 Å². The summed E-state index contributed by atoms with van der Waals surface area (Å²) in [4.78, 5) is 0. The molecule has 0 aliphatic rings. The van der Waals surface area contributed by atoms with Crippen LogP contribution >= 0.6 is 11.6 Å². The zero-order chi connectivity index (χ0) is 12.3. The number of hydrogen-bond acceptors (Lipinski definition) is 4. The Morgan fingerprint density at radius 2 is 2.24 bits per heavy atom. The van der Waals surface area contributed by atoms with E-state index in [1.807, 2.05) is 6.92 Å².